The lowest BCUT2D eigenvalue weighted by atomic mass is 9.90. The maximum atomic E-state index is 5.79. The molecule has 0 atom stereocenters. The summed E-state index contributed by atoms with van der Waals surface area (Å²) in [5.74, 6) is 0.701. The van der Waals surface area contributed by atoms with Crippen molar-refractivity contribution in [3.63, 3.8) is 0 Å². The molecule has 2 rings (SSSR count). The first-order chi connectivity index (χ1) is 11.1. The number of pyridine rings is 1. The Hall–Kier alpha value is -1.29. The highest BCUT2D eigenvalue weighted by Crippen LogP contribution is 2.22. The molecule has 4 nitrogen and oxygen atoms in total. The van der Waals surface area contributed by atoms with Crippen LogP contribution in [0.4, 0.5) is 5.69 Å². The largest absolute Gasteiger partial charge is 0.472 e. The Morgan fingerprint density at radius 1 is 1.00 bits per heavy atom. The van der Waals surface area contributed by atoms with Gasteiger partial charge in [-0.05, 0) is 51.6 Å². The molecule has 1 aliphatic heterocycles. The highest BCUT2D eigenvalue weighted by molar-refractivity contribution is 5.45. The third-order valence-electron chi connectivity index (χ3n) is 4.27. The second-order valence-corrected chi connectivity index (χ2v) is 9.06. The lowest BCUT2D eigenvalue weighted by molar-refractivity contribution is 0.124. The molecule has 0 spiro atoms. The van der Waals surface area contributed by atoms with Gasteiger partial charge in [-0.3, -0.25) is 4.90 Å². The molecule has 1 aliphatic rings. The van der Waals surface area contributed by atoms with Gasteiger partial charge in [0.15, 0.2) is 0 Å². The van der Waals surface area contributed by atoms with Crippen LogP contribution in [0.5, 0.6) is 5.88 Å². The summed E-state index contributed by atoms with van der Waals surface area (Å²) in [5, 5.41) is 0. The first-order valence-corrected chi connectivity index (χ1v) is 9.25. The van der Waals surface area contributed by atoms with Crippen molar-refractivity contribution < 1.29 is 4.74 Å². The summed E-state index contributed by atoms with van der Waals surface area (Å²) in [7, 11) is 0. The predicted octanol–water partition coefficient (Wildman–Crippen LogP) is 4.21. The smallest absolute Gasteiger partial charge is 0.213 e. The third-order valence-corrected chi connectivity index (χ3v) is 4.27. The second kappa shape index (κ2) is 7.73. The number of ether oxygens (including phenoxy) is 1. The van der Waals surface area contributed by atoms with Crippen LogP contribution < -0.4 is 9.64 Å². The van der Waals surface area contributed by atoms with E-state index in [9.17, 15) is 0 Å². The zero-order valence-electron chi connectivity index (χ0n) is 16.4. The van der Waals surface area contributed by atoms with Gasteiger partial charge in [0, 0.05) is 32.2 Å². The Kier molecular flexibility index (Phi) is 6.13. The molecule has 1 fully saturated rings. The Bertz CT molecular complexity index is 491. The van der Waals surface area contributed by atoms with Gasteiger partial charge in [0.25, 0.3) is 0 Å². The average Bonchev–Trinajstić information content (AvgIpc) is 2.46. The van der Waals surface area contributed by atoms with Crippen LogP contribution in [0.25, 0.3) is 0 Å². The lowest BCUT2D eigenvalue weighted by Gasteiger charge is -2.36. The average molecular weight is 334 g/mol. The summed E-state index contributed by atoms with van der Waals surface area (Å²) < 4.78 is 5.79. The molecular formula is C20H35N3O. The lowest BCUT2D eigenvalue weighted by Crippen LogP contribution is -2.46. The van der Waals surface area contributed by atoms with E-state index in [1.165, 1.54) is 25.1 Å². The van der Waals surface area contributed by atoms with E-state index in [2.05, 4.69) is 41.6 Å². The van der Waals surface area contributed by atoms with Crippen LogP contribution in [0.15, 0.2) is 18.3 Å². The number of anilines is 1. The van der Waals surface area contributed by atoms with Crippen LogP contribution in [-0.2, 0) is 0 Å². The predicted molar refractivity (Wildman–Crippen MR) is 102 cm³/mol. The Balaban J connectivity index is 1.78. The molecule has 2 heterocycles. The second-order valence-electron chi connectivity index (χ2n) is 9.06. The zero-order chi connectivity index (χ0) is 17.8. The van der Waals surface area contributed by atoms with E-state index >= 15 is 0 Å². The molecule has 0 amide bonds. The molecule has 0 aromatic carbocycles. The topological polar surface area (TPSA) is 28.6 Å². The van der Waals surface area contributed by atoms with Crippen LogP contribution in [0.2, 0.25) is 0 Å². The summed E-state index contributed by atoms with van der Waals surface area (Å²) in [5.41, 5.74) is 1.45. The Labute approximate surface area is 148 Å². The molecule has 4 heteroatoms. The van der Waals surface area contributed by atoms with E-state index in [1.54, 1.807) is 0 Å². The number of nitrogens with zero attached hydrogens (tertiary/aromatic N) is 3. The maximum absolute atomic E-state index is 5.79. The van der Waals surface area contributed by atoms with Crippen molar-refractivity contribution in [3.05, 3.63) is 18.3 Å². The van der Waals surface area contributed by atoms with E-state index in [0.29, 0.717) is 11.3 Å². The third kappa shape index (κ3) is 6.68. The number of rotatable bonds is 5. The fraction of sp³-hybridized carbons (Fsp3) is 0.750. The minimum atomic E-state index is -0.201. The first kappa shape index (κ1) is 19.0. The van der Waals surface area contributed by atoms with Gasteiger partial charge in [-0.2, -0.15) is 0 Å². The molecule has 0 N–H and O–H groups in total. The molecule has 136 valence electrons. The molecule has 1 aromatic heterocycles. The molecule has 1 saturated heterocycles. The normalized spacial score (nSPS) is 17.2. The van der Waals surface area contributed by atoms with Crippen molar-refractivity contribution in [2.45, 2.75) is 60.0 Å². The van der Waals surface area contributed by atoms with Gasteiger partial charge in [-0.15, -0.1) is 0 Å². The highest BCUT2D eigenvalue weighted by atomic mass is 16.5. The van der Waals surface area contributed by atoms with Gasteiger partial charge >= 0.3 is 0 Å². The number of hydrogen-bond donors (Lipinski definition) is 0. The van der Waals surface area contributed by atoms with Crippen LogP contribution in [0.1, 0.15) is 54.4 Å². The number of aromatic nitrogens is 1. The summed E-state index contributed by atoms with van der Waals surface area (Å²) in [6.45, 7) is 18.8. The fourth-order valence-corrected chi connectivity index (χ4v) is 3.00. The quantitative estimate of drug-likeness (QED) is 0.807. The van der Waals surface area contributed by atoms with Crippen molar-refractivity contribution in [2.24, 2.45) is 5.41 Å². The van der Waals surface area contributed by atoms with Crippen LogP contribution >= 0.6 is 0 Å². The van der Waals surface area contributed by atoms with Gasteiger partial charge in [0.1, 0.15) is 5.60 Å². The van der Waals surface area contributed by atoms with Gasteiger partial charge in [0.05, 0.1) is 11.9 Å². The summed E-state index contributed by atoms with van der Waals surface area (Å²) >= 11 is 0. The number of hydrogen-bond acceptors (Lipinski definition) is 4. The highest BCUT2D eigenvalue weighted by Gasteiger charge is 2.19. The standard InChI is InChI=1S/C20H35N3O/c1-19(2,3)10-7-11-22-12-14-23(15-13-22)17-8-9-18(21-16-17)24-20(4,5)6/h8-9,16H,7,10-15H2,1-6H3. The van der Waals surface area contributed by atoms with Crippen molar-refractivity contribution in [1.82, 2.24) is 9.88 Å². The molecule has 0 aliphatic carbocycles. The molecule has 24 heavy (non-hydrogen) atoms. The van der Waals surface area contributed by atoms with Crippen LogP contribution in [-0.4, -0.2) is 48.2 Å². The minimum absolute atomic E-state index is 0.201. The minimum Gasteiger partial charge on any atom is -0.472 e. The molecule has 0 radical (unpaired) electrons. The molecular weight excluding hydrogens is 298 g/mol. The molecule has 0 unspecified atom stereocenters. The van der Waals surface area contributed by atoms with E-state index < -0.39 is 0 Å². The Morgan fingerprint density at radius 2 is 1.67 bits per heavy atom. The fourth-order valence-electron chi connectivity index (χ4n) is 3.00. The van der Waals surface area contributed by atoms with Crippen molar-refractivity contribution in [3.8, 4) is 5.88 Å². The summed E-state index contributed by atoms with van der Waals surface area (Å²) in [4.78, 5) is 9.47. The van der Waals surface area contributed by atoms with E-state index in [0.717, 1.165) is 26.2 Å². The van der Waals surface area contributed by atoms with Gasteiger partial charge in [-0.25, -0.2) is 4.98 Å². The van der Waals surface area contributed by atoms with Crippen molar-refractivity contribution >= 4 is 5.69 Å². The number of piperazine rings is 1. The zero-order valence-corrected chi connectivity index (χ0v) is 16.4. The Morgan fingerprint density at radius 3 is 2.17 bits per heavy atom. The molecule has 0 bridgehead atoms. The first-order valence-electron chi connectivity index (χ1n) is 9.25. The SMILES string of the molecule is CC(C)(C)CCCN1CCN(c2ccc(OC(C)(C)C)nc2)CC1. The van der Waals surface area contributed by atoms with Crippen molar-refractivity contribution in [1.29, 1.82) is 0 Å². The van der Waals surface area contributed by atoms with Crippen LogP contribution in [0.3, 0.4) is 0 Å². The van der Waals surface area contributed by atoms with E-state index in [4.69, 9.17) is 4.74 Å². The summed E-state index contributed by atoms with van der Waals surface area (Å²) in [6.07, 6.45) is 4.53. The monoisotopic (exact) mass is 333 g/mol. The van der Waals surface area contributed by atoms with E-state index in [1.807, 2.05) is 33.0 Å². The summed E-state index contributed by atoms with van der Waals surface area (Å²) in [6, 6.07) is 4.11. The van der Waals surface area contributed by atoms with E-state index in [-0.39, 0.29) is 5.60 Å². The van der Waals surface area contributed by atoms with Gasteiger partial charge < -0.3 is 9.64 Å². The van der Waals surface area contributed by atoms with Crippen LogP contribution in [0, 0.1) is 5.41 Å². The van der Waals surface area contributed by atoms with Gasteiger partial charge in [0.2, 0.25) is 5.88 Å². The van der Waals surface area contributed by atoms with Crippen molar-refractivity contribution in [2.75, 3.05) is 37.6 Å². The van der Waals surface area contributed by atoms with Gasteiger partial charge in [-0.1, -0.05) is 20.8 Å². The molecule has 1 aromatic rings. The molecule has 0 saturated carbocycles. The maximum Gasteiger partial charge on any atom is 0.213 e.